The van der Waals surface area contributed by atoms with Crippen LogP contribution in [0.3, 0.4) is 0 Å². The summed E-state index contributed by atoms with van der Waals surface area (Å²) in [5, 5.41) is 13.4. The van der Waals surface area contributed by atoms with Crippen molar-refractivity contribution in [3.05, 3.63) is 47.0 Å². The van der Waals surface area contributed by atoms with Crippen LogP contribution in [0.1, 0.15) is 40.0 Å². The predicted molar refractivity (Wildman–Crippen MR) is 165 cm³/mol. The maximum Gasteiger partial charge on any atom is 0.313 e. The van der Waals surface area contributed by atoms with E-state index in [1.807, 2.05) is 26.0 Å². The van der Waals surface area contributed by atoms with E-state index < -0.39 is 59.5 Å². The van der Waals surface area contributed by atoms with Gasteiger partial charge in [-0.25, -0.2) is 0 Å². The van der Waals surface area contributed by atoms with E-state index in [0.29, 0.717) is 28.8 Å². The second-order valence-electron chi connectivity index (χ2n) is 11.9. The number of amides is 3. The van der Waals surface area contributed by atoms with E-state index in [1.165, 1.54) is 4.90 Å². The number of aliphatic hydroxyl groups is 1. The van der Waals surface area contributed by atoms with E-state index in [0.717, 1.165) is 0 Å². The number of esters is 1. The number of benzene rings is 1. The number of fused-ring (bicyclic) bond motifs is 2. The van der Waals surface area contributed by atoms with Gasteiger partial charge in [0.05, 0.1) is 32.2 Å². The zero-order valence-electron chi connectivity index (χ0n) is 25.4. The first-order valence-corrected chi connectivity index (χ1v) is 15.9. The molecule has 4 aliphatic rings. The summed E-state index contributed by atoms with van der Waals surface area (Å²) in [7, 11) is 1.56. The highest BCUT2D eigenvalue weighted by Gasteiger charge is 2.75. The van der Waals surface area contributed by atoms with Crippen LogP contribution >= 0.6 is 15.9 Å². The molecule has 3 amide bonds. The van der Waals surface area contributed by atoms with Gasteiger partial charge in [-0.3, -0.25) is 19.2 Å². The molecule has 44 heavy (non-hydrogen) atoms. The summed E-state index contributed by atoms with van der Waals surface area (Å²) in [6, 6.07) is 5.14. The van der Waals surface area contributed by atoms with Crippen molar-refractivity contribution in [1.29, 1.82) is 0 Å². The number of methoxy groups -OCH3 is 1. The van der Waals surface area contributed by atoms with Gasteiger partial charge in [0.1, 0.15) is 35.5 Å². The van der Waals surface area contributed by atoms with Crippen molar-refractivity contribution in [3.63, 3.8) is 0 Å². The van der Waals surface area contributed by atoms with Gasteiger partial charge in [0.25, 0.3) is 5.91 Å². The van der Waals surface area contributed by atoms with E-state index in [2.05, 4.69) is 21.2 Å². The van der Waals surface area contributed by atoms with Gasteiger partial charge in [-0.05, 0) is 49.6 Å². The minimum Gasteiger partial charge on any atom is -0.497 e. The number of likely N-dealkylation sites (tertiary alicyclic amines) is 1. The molecule has 1 spiro atoms. The molecule has 8 atom stereocenters. The monoisotopic (exact) mass is 673 g/mol. The number of halogens is 1. The van der Waals surface area contributed by atoms with Gasteiger partial charge in [0.15, 0.2) is 0 Å². The Bertz CT molecular complexity index is 1350. The maximum atomic E-state index is 14.9. The Morgan fingerprint density at radius 2 is 1.89 bits per heavy atom. The van der Waals surface area contributed by atoms with Crippen LogP contribution in [0.5, 0.6) is 5.75 Å². The number of allylic oxidation sites excluding steroid dienone is 1. The summed E-state index contributed by atoms with van der Waals surface area (Å²) in [5.41, 5.74) is -0.907. The molecule has 2 N–H and O–H groups in total. The van der Waals surface area contributed by atoms with Crippen LogP contribution in [0.15, 0.2) is 47.0 Å². The number of aliphatic hydroxyl groups excluding tert-OH is 1. The minimum atomic E-state index is -1.47. The number of ether oxygens (including phenoxy) is 3. The highest BCUT2D eigenvalue weighted by molar-refractivity contribution is 9.11. The van der Waals surface area contributed by atoms with E-state index in [-0.39, 0.29) is 37.9 Å². The molecular formula is C32H40BrN3O8. The zero-order chi connectivity index (χ0) is 31.8. The molecule has 0 radical (unpaired) electrons. The number of nitrogens with zero attached hydrogens (tertiary/aromatic N) is 2. The quantitative estimate of drug-likeness (QED) is 0.348. The molecule has 238 valence electrons. The lowest BCUT2D eigenvalue weighted by Crippen LogP contribution is -2.59. The van der Waals surface area contributed by atoms with Crippen molar-refractivity contribution >= 4 is 45.3 Å². The number of carbonyl (C=O) groups excluding carboxylic acids is 4. The van der Waals surface area contributed by atoms with Gasteiger partial charge in [0.2, 0.25) is 11.8 Å². The van der Waals surface area contributed by atoms with Crippen molar-refractivity contribution in [2.75, 3.05) is 31.7 Å². The van der Waals surface area contributed by atoms with Gasteiger partial charge >= 0.3 is 5.97 Å². The predicted octanol–water partition coefficient (Wildman–Crippen LogP) is 2.71. The lowest BCUT2D eigenvalue weighted by molar-refractivity contribution is -0.159. The molecule has 0 aliphatic carbocycles. The molecule has 1 aromatic carbocycles. The Kier molecular flexibility index (Phi) is 9.52. The number of rotatable bonds is 6. The first-order valence-electron chi connectivity index (χ1n) is 15.1. The van der Waals surface area contributed by atoms with Crippen molar-refractivity contribution in [2.45, 2.75) is 69.9 Å². The number of hydrogen-bond acceptors (Lipinski definition) is 8. The Morgan fingerprint density at radius 1 is 1.16 bits per heavy atom. The molecular weight excluding hydrogens is 634 g/mol. The summed E-state index contributed by atoms with van der Waals surface area (Å²) < 4.78 is 18.2. The maximum absolute atomic E-state index is 14.9. The molecule has 0 saturated carbocycles. The highest BCUT2D eigenvalue weighted by Crippen LogP contribution is 2.59. The van der Waals surface area contributed by atoms with Gasteiger partial charge in [-0.15, -0.1) is 0 Å². The largest absolute Gasteiger partial charge is 0.497 e. The molecule has 12 heteroatoms. The fourth-order valence-corrected chi connectivity index (χ4v) is 7.52. The number of hydrogen-bond donors (Lipinski definition) is 2. The lowest BCUT2D eigenvalue weighted by Gasteiger charge is -2.40. The first kappa shape index (κ1) is 32.2. The van der Waals surface area contributed by atoms with Gasteiger partial charge < -0.3 is 34.4 Å². The molecule has 4 heterocycles. The van der Waals surface area contributed by atoms with Crippen LogP contribution in [0, 0.1) is 17.8 Å². The van der Waals surface area contributed by atoms with Crippen molar-refractivity contribution in [1.82, 2.24) is 10.2 Å². The Labute approximate surface area is 265 Å². The van der Waals surface area contributed by atoms with Crippen LogP contribution in [0.25, 0.3) is 0 Å². The van der Waals surface area contributed by atoms with Crippen molar-refractivity contribution < 1.29 is 38.5 Å². The Morgan fingerprint density at radius 3 is 2.55 bits per heavy atom. The minimum absolute atomic E-state index is 0.117. The summed E-state index contributed by atoms with van der Waals surface area (Å²) in [4.78, 5) is 58.6. The Balaban J connectivity index is 1.66. The molecule has 0 unspecified atom stereocenters. The molecule has 5 rings (SSSR count). The molecule has 1 aromatic rings. The van der Waals surface area contributed by atoms with Crippen LogP contribution in [0.4, 0.5) is 5.69 Å². The van der Waals surface area contributed by atoms with Crippen molar-refractivity contribution in [2.24, 2.45) is 17.8 Å². The average Bonchev–Trinajstić information content (AvgIpc) is 3.61. The number of anilines is 1. The third-order valence-electron chi connectivity index (χ3n) is 9.26. The number of nitrogens with one attached hydrogen (secondary N) is 1. The van der Waals surface area contributed by atoms with E-state index in [1.54, 1.807) is 49.3 Å². The van der Waals surface area contributed by atoms with Crippen molar-refractivity contribution in [3.8, 4) is 5.75 Å². The zero-order valence-corrected chi connectivity index (χ0v) is 27.0. The summed E-state index contributed by atoms with van der Waals surface area (Å²) in [6.45, 7) is 5.46. The van der Waals surface area contributed by atoms with Crippen LogP contribution in [-0.4, -0.2) is 90.4 Å². The SMILES string of the molecule is CC[C@H](C)[C@H](CO)N1C(=O)[C@@H]2[C@H]3C(=O)O[C@@H](C)CNC(=O)CC/C=C\CN(c4ccc(OC)cc4)C(=O)[C@@H]1[C@]21C=C(Br)[C@H]3O1. The van der Waals surface area contributed by atoms with Gasteiger partial charge in [-0.1, -0.05) is 48.4 Å². The fourth-order valence-electron chi connectivity index (χ4n) is 6.79. The summed E-state index contributed by atoms with van der Waals surface area (Å²) >= 11 is 3.55. The standard InChI is InChI=1S/C32H40BrN3O8/c1-5-18(2)23(17-37)36-28-30(40)35(20-10-12-21(42-4)13-11-20)14-8-6-7-9-24(38)34-16-19(3)43-31(41)25-26(29(36)39)32(28)15-22(33)27(25)44-32/h6,8,10-13,15,18-19,23,25-28,37H,5,7,9,14,16-17H2,1-4H3,(H,34,38)/b8-6-/t18-,19-,23-,25+,26-,27+,28+,32-/m0/s1. The van der Waals surface area contributed by atoms with Crippen LogP contribution in [0.2, 0.25) is 0 Å². The normalized spacial score (nSPS) is 33.0. The summed E-state index contributed by atoms with van der Waals surface area (Å²) in [6.07, 6.45) is 5.24. The van der Waals surface area contributed by atoms with E-state index >= 15 is 0 Å². The second-order valence-corrected chi connectivity index (χ2v) is 12.8. The Hall–Kier alpha value is -3.22. The average molecular weight is 675 g/mol. The van der Waals surface area contributed by atoms with E-state index in [9.17, 15) is 24.3 Å². The van der Waals surface area contributed by atoms with Crippen LogP contribution in [-0.2, 0) is 28.7 Å². The van der Waals surface area contributed by atoms with Gasteiger partial charge in [-0.2, -0.15) is 0 Å². The number of cyclic esters (lactones) is 1. The lowest BCUT2D eigenvalue weighted by atomic mass is 9.74. The molecule has 2 fully saturated rings. The third kappa shape index (κ3) is 5.56. The smallest absolute Gasteiger partial charge is 0.313 e. The second kappa shape index (κ2) is 13.0. The molecule has 0 aromatic heterocycles. The molecule has 4 aliphatic heterocycles. The third-order valence-corrected chi connectivity index (χ3v) is 9.94. The molecule has 5 bridgehead atoms. The number of carbonyl (C=O) groups is 4. The van der Waals surface area contributed by atoms with Gasteiger partial charge in [0, 0.05) is 23.1 Å². The summed E-state index contributed by atoms with van der Waals surface area (Å²) in [5.74, 6) is -3.29. The molecule has 2 saturated heterocycles. The first-order chi connectivity index (χ1) is 21.1. The fraction of sp³-hybridized carbons (Fsp3) is 0.562. The van der Waals surface area contributed by atoms with Crippen LogP contribution < -0.4 is 15.0 Å². The topological polar surface area (TPSA) is 135 Å². The highest BCUT2D eigenvalue weighted by atomic mass is 79.9. The van der Waals surface area contributed by atoms with E-state index in [4.69, 9.17) is 14.2 Å². The molecule has 11 nitrogen and oxygen atoms in total.